The van der Waals surface area contributed by atoms with Crippen molar-refractivity contribution in [2.75, 3.05) is 11.9 Å². The number of amides is 3. The number of hydrogen-bond donors (Lipinski definition) is 1. The van der Waals surface area contributed by atoms with Crippen LogP contribution in [0, 0.1) is 6.92 Å². The first-order valence-electron chi connectivity index (χ1n) is 11.3. The average molecular weight is 560 g/mol. The molecule has 1 aliphatic rings. The van der Waals surface area contributed by atoms with Crippen molar-refractivity contribution in [3.8, 4) is 0 Å². The lowest BCUT2D eigenvalue weighted by atomic mass is 10.1. The molecule has 0 radical (unpaired) electrons. The lowest BCUT2D eigenvalue weighted by Gasteiger charge is -2.13. The molecule has 1 aromatic heterocycles. The molecule has 36 heavy (non-hydrogen) atoms. The first-order valence-corrected chi connectivity index (χ1v) is 12.9. The zero-order valence-electron chi connectivity index (χ0n) is 19.4. The molecule has 2 heterocycles. The van der Waals surface area contributed by atoms with Crippen molar-refractivity contribution >= 4 is 67.4 Å². The van der Waals surface area contributed by atoms with Crippen LogP contribution in [0.25, 0.3) is 17.0 Å². The second kappa shape index (κ2) is 10.2. The molecule has 6 nitrogen and oxygen atoms in total. The Morgan fingerprint density at radius 1 is 0.972 bits per heavy atom. The predicted octanol–water partition coefficient (Wildman–Crippen LogP) is 6.44. The number of halogens is 1. The van der Waals surface area contributed by atoms with E-state index in [1.807, 2.05) is 49.4 Å². The molecule has 1 saturated heterocycles. The first-order chi connectivity index (χ1) is 17.4. The molecule has 0 aliphatic carbocycles. The van der Waals surface area contributed by atoms with E-state index in [0.717, 1.165) is 43.3 Å². The van der Waals surface area contributed by atoms with E-state index >= 15 is 0 Å². The Morgan fingerprint density at radius 2 is 1.67 bits per heavy atom. The van der Waals surface area contributed by atoms with Gasteiger partial charge in [-0.05, 0) is 64.5 Å². The number of hydrogen-bond acceptors (Lipinski definition) is 4. The summed E-state index contributed by atoms with van der Waals surface area (Å²) in [5, 5.41) is 3.28. The third-order valence-electron chi connectivity index (χ3n) is 6.06. The van der Waals surface area contributed by atoms with Crippen LogP contribution in [0.15, 0.2) is 88.2 Å². The van der Waals surface area contributed by atoms with Crippen LogP contribution in [-0.2, 0) is 16.1 Å². The van der Waals surface area contributed by atoms with Crippen molar-refractivity contribution in [2.45, 2.75) is 13.5 Å². The van der Waals surface area contributed by atoms with Gasteiger partial charge in [0.1, 0.15) is 6.54 Å². The highest BCUT2D eigenvalue weighted by molar-refractivity contribution is 9.10. The minimum absolute atomic E-state index is 0.305. The molecule has 3 amide bonds. The summed E-state index contributed by atoms with van der Waals surface area (Å²) in [6.45, 7) is 2.36. The molecule has 1 aliphatic heterocycles. The molecule has 4 aromatic rings. The van der Waals surface area contributed by atoms with E-state index in [1.165, 1.54) is 5.56 Å². The fourth-order valence-electron chi connectivity index (χ4n) is 4.27. The molecule has 1 fully saturated rings. The summed E-state index contributed by atoms with van der Waals surface area (Å²) in [5.41, 5.74) is 4.69. The van der Waals surface area contributed by atoms with Crippen LogP contribution >= 0.6 is 27.7 Å². The van der Waals surface area contributed by atoms with E-state index < -0.39 is 17.1 Å². The van der Waals surface area contributed by atoms with E-state index in [4.69, 9.17) is 0 Å². The Balaban J connectivity index is 1.42. The number of para-hydroxylation sites is 2. The molecule has 8 heteroatoms. The number of nitrogens with zero attached hydrogens (tertiary/aromatic N) is 2. The van der Waals surface area contributed by atoms with Crippen molar-refractivity contribution in [1.29, 1.82) is 0 Å². The Labute approximate surface area is 221 Å². The highest BCUT2D eigenvalue weighted by Crippen LogP contribution is 2.36. The second-order valence-corrected chi connectivity index (χ2v) is 10.2. The Bertz CT molecular complexity index is 1530. The zero-order valence-corrected chi connectivity index (χ0v) is 21.8. The van der Waals surface area contributed by atoms with Crippen molar-refractivity contribution in [3.05, 3.63) is 105 Å². The molecule has 0 bridgehead atoms. The number of nitrogens with one attached hydrogen (secondary N) is 1. The number of benzene rings is 3. The summed E-state index contributed by atoms with van der Waals surface area (Å²) in [4.78, 5) is 39.7. The second-order valence-electron chi connectivity index (χ2n) is 8.38. The maximum absolute atomic E-state index is 13.1. The Kier molecular flexibility index (Phi) is 6.80. The molecule has 0 atom stereocenters. The van der Waals surface area contributed by atoms with E-state index in [-0.39, 0.29) is 6.54 Å². The zero-order chi connectivity index (χ0) is 25.2. The Hall–Kier alpha value is -3.62. The van der Waals surface area contributed by atoms with Crippen molar-refractivity contribution in [3.63, 3.8) is 0 Å². The number of carbonyl (C=O) groups excluding carboxylic acids is 3. The average Bonchev–Trinajstić information content (AvgIpc) is 3.29. The lowest BCUT2D eigenvalue weighted by Crippen LogP contribution is -2.36. The third kappa shape index (κ3) is 4.74. The minimum Gasteiger partial charge on any atom is -0.340 e. The monoisotopic (exact) mass is 559 g/mol. The minimum atomic E-state index is -0.466. The highest BCUT2D eigenvalue weighted by Gasteiger charge is 2.36. The maximum Gasteiger partial charge on any atom is 0.294 e. The van der Waals surface area contributed by atoms with Gasteiger partial charge in [0.05, 0.1) is 10.6 Å². The normalized spacial score (nSPS) is 14.7. The largest absolute Gasteiger partial charge is 0.340 e. The van der Waals surface area contributed by atoms with Gasteiger partial charge in [-0.15, -0.1) is 0 Å². The molecule has 0 saturated carbocycles. The number of aromatic nitrogens is 1. The van der Waals surface area contributed by atoms with Crippen LogP contribution in [0.4, 0.5) is 10.5 Å². The molecular formula is C28H22BrN3O3S. The Morgan fingerprint density at radius 3 is 2.44 bits per heavy atom. The fraction of sp³-hybridized carbons (Fsp3) is 0.107. The summed E-state index contributed by atoms with van der Waals surface area (Å²) in [7, 11) is 0. The summed E-state index contributed by atoms with van der Waals surface area (Å²) in [5.74, 6) is -0.910. The third-order valence-corrected chi connectivity index (χ3v) is 7.66. The first kappa shape index (κ1) is 24.1. The number of anilines is 1. The van der Waals surface area contributed by atoms with Crippen LogP contribution < -0.4 is 5.32 Å². The van der Waals surface area contributed by atoms with Crippen LogP contribution in [0.3, 0.4) is 0 Å². The summed E-state index contributed by atoms with van der Waals surface area (Å²) >= 11 is 4.24. The van der Waals surface area contributed by atoms with Crippen LogP contribution in [0.5, 0.6) is 0 Å². The number of imide groups is 1. The molecule has 5 rings (SSSR count). The summed E-state index contributed by atoms with van der Waals surface area (Å²) in [6, 6.07) is 25.4. The van der Waals surface area contributed by atoms with Gasteiger partial charge < -0.3 is 9.88 Å². The molecular weight excluding hydrogens is 538 g/mol. The van der Waals surface area contributed by atoms with E-state index in [1.54, 1.807) is 24.3 Å². The van der Waals surface area contributed by atoms with Crippen molar-refractivity contribution < 1.29 is 14.4 Å². The SMILES string of the molecule is Cc1c(/C=C2\SC(=O)N(CC(=O)Nc3ccccc3Br)C2=O)c2ccccc2n1Cc1ccccc1. The van der Waals surface area contributed by atoms with E-state index in [2.05, 4.69) is 44.0 Å². The van der Waals surface area contributed by atoms with Gasteiger partial charge in [0, 0.05) is 33.2 Å². The molecule has 180 valence electrons. The predicted molar refractivity (Wildman–Crippen MR) is 148 cm³/mol. The van der Waals surface area contributed by atoms with Gasteiger partial charge in [-0.1, -0.05) is 60.7 Å². The molecule has 0 spiro atoms. The quantitative estimate of drug-likeness (QED) is 0.276. The number of rotatable bonds is 6. The molecule has 3 aromatic carbocycles. The van der Waals surface area contributed by atoms with Crippen molar-refractivity contribution in [1.82, 2.24) is 9.47 Å². The highest BCUT2D eigenvalue weighted by atomic mass is 79.9. The topological polar surface area (TPSA) is 71.4 Å². The van der Waals surface area contributed by atoms with Gasteiger partial charge in [0.25, 0.3) is 11.1 Å². The van der Waals surface area contributed by atoms with Gasteiger partial charge in [-0.3, -0.25) is 19.3 Å². The van der Waals surface area contributed by atoms with Crippen LogP contribution in [0.1, 0.15) is 16.8 Å². The van der Waals surface area contributed by atoms with Crippen LogP contribution in [-0.4, -0.2) is 33.1 Å². The summed E-state index contributed by atoms with van der Waals surface area (Å²) < 4.78 is 2.93. The van der Waals surface area contributed by atoms with Crippen LogP contribution in [0.2, 0.25) is 0 Å². The standard InChI is InChI=1S/C28H22BrN3O3S/c1-18-21(20-11-5-8-14-24(20)31(18)16-19-9-3-2-4-10-19)15-25-27(34)32(28(35)36-25)17-26(33)30-23-13-7-6-12-22(23)29/h2-15H,16-17H2,1H3,(H,30,33)/b25-15-. The lowest BCUT2D eigenvalue weighted by molar-refractivity contribution is -0.127. The van der Waals surface area contributed by atoms with Gasteiger partial charge in [-0.25, -0.2) is 0 Å². The van der Waals surface area contributed by atoms with Gasteiger partial charge in [0.15, 0.2) is 0 Å². The molecule has 0 unspecified atom stereocenters. The smallest absolute Gasteiger partial charge is 0.294 e. The number of carbonyl (C=O) groups is 3. The van der Waals surface area contributed by atoms with Crippen molar-refractivity contribution in [2.24, 2.45) is 0 Å². The van der Waals surface area contributed by atoms with Gasteiger partial charge in [0.2, 0.25) is 5.91 Å². The fourth-order valence-corrected chi connectivity index (χ4v) is 5.48. The molecule has 1 N–H and O–H groups in total. The summed E-state index contributed by atoms with van der Waals surface area (Å²) in [6.07, 6.45) is 1.77. The van der Waals surface area contributed by atoms with E-state index in [9.17, 15) is 14.4 Å². The number of thioether (sulfide) groups is 1. The maximum atomic E-state index is 13.1. The van der Waals surface area contributed by atoms with Gasteiger partial charge in [-0.2, -0.15) is 0 Å². The van der Waals surface area contributed by atoms with E-state index in [0.29, 0.717) is 17.1 Å². The van der Waals surface area contributed by atoms with Gasteiger partial charge >= 0.3 is 0 Å². The number of fused-ring (bicyclic) bond motifs is 1.